The van der Waals surface area contributed by atoms with Gasteiger partial charge in [-0.15, -0.1) is 0 Å². The summed E-state index contributed by atoms with van der Waals surface area (Å²) in [5.41, 5.74) is 0.758. The fourth-order valence-corrected chi connectivity index (χ4v) is 2.30. The molecule has 0 aromatic heterocycles. The Morgan fingerprint density at radius 3 is 2.50 bits per heavy atom. The number of rotatable bonds is 5. The first kappa shape index (κ1) is 16.8. The lowest BCUT2D eigenvalue weighted by atomic mass is 10.1. The van der Waals surface area contributed by atoms with Gasteiger partial charge in [-0.1, -0.05) is 36.2 Å². The second-order valence-corrected chi connectivity index (χ2v) is 5.24. The molecule has 0 fully saturated rings. The summed E-state index contributed by atoms with van der Waals surface area (Å²) in [5.74, 6) is -0.316. The maximum atomic E-state index is 12.0. The van der Waals surface area contributed by atoms with Crippen LogP contribution in [0.3, 0.4) is 0 Å². The zero-order valence-electron chi connectivity index (χ0n) is 11.7. The number of halogens is 2. The van der Waals surface area contributed by atoms with Gasteiger partial charge in [0.2, 0.25) is 11.8 Å². The highest BCUT2D eigenvalue weighted by molar-refractivity contribution is 6.35. The number of amides is 2. The Kier molecular flexibility index (Phi) is 6.30. The van der Waals surface area contributed by atoms with Crippen LogP contribution in [0.1, 0.15) is 25.8 Å². The van der Waals surface area contributed by atoms with E-state index in [1.807, 2.05) is 0 Å². The summed E-state index contributed by atoms with van der Waals surface area (Å²) >= 11 is 12.0. The third kappa shape index (κ3) is 4.12. The van der Waals surface area contributed by atoms with Crippen molar-refractivity contribution in [2.45, 2.75) is 32.9 Å². The molecule has 1 N–H and O–H groups in total. The van der Waals surface area contributed by atoms with E-state index in [0.29, 0.717) is 16.5 Å². The highest BCUT2D eigenvalue weighted by atomic mass is 35.5. The molecular formula is C14H18Cl2N2O2. The Bertz CT molecular complexity index is 506. The van der Waals surface area contributed by atoms with Gasteiger partial charge in [-0.05, 0) is 24.6 Å². The van der Waals surface area contributed by atoms with Gasteiger partial charge >= 0.3 is 0 Å². The smallest absolute Gasteiger partial charge is 0.242 e. The van der Waals surface area contributed by atoms with Crippen LogP contribution >= 0.6 is 23.2 Å². The molecule has 1 aromatic carbocycles. The van der Waals surface area contributed by atoms with E-state index < -0.39 is 6.04 Å². The molecule has 0 unspecified atom stereocenters. The summed E-state index contributed by atoms with van der Waals surface area (Å²) in [6.07, 6.45) is 0.326. The summed E-state index contributed by atoms with van der Waals surface area (Å²) in [6.45, 7) is 3.73. The minimum atomic E-state index is -0.556. The zero-order chi connectivity index (χ0) is 15.3. The minimum Gasteiger partial charge on any atom is -0.357 e. The number of carbonyl (C=O) groups is 2. The number of nitrogens with one attached hydrogen (secondary N) is 1. The summed E-state index contributed by atoms with van der Waals surface area (Å²) in [6, 6.07) is 4.54. The van der Waals surface area contributed by atoms with Gasteiger partial charge in [-0.3, -0.25) is 9.59 Å². The lowest BCUT2D eigenvalue weighted by Gasteiger charge is -2.28. The van der Waals surface area contributed by atoms with Crippen LogP contribution in [-0.2, 0) is 16.1 Å². The van der Waals surface area contributed by atoms with Crippen molar-refractivity contribution < 1.29 is 9.59 Å². The van der Waals surface area contributed by atoms with Crippen LogP contribution in [0, 0.1) is 0 Å². The van der Waals surface area contributed by atoms with Crippen molar-refractivity contribution in [1.29, 1.82) is 0 Å². The van der Waals surface area contributed by atoms with Gasteiger partial charge in [0.1, 0.15) is 6.04 Å². The predicted molar refractivity (Wildman–Crippen MR) is 80.8 cm³/mol. The van der Waals surface area contributed by atoms with Crippen molar-refractivity contribution in [1.82, 2.24) is 10.2 Å². The number of likely N-dealkylation sites (N-methyl/N-ethyl adjacent to an activating group) is 1. The van der Waals surface area contributed by atoms with Crippen LogP contribution in [0.25, 0.3) is 0 Å². The van der Waals surface area contributed by atoms with Gasteiger partial charge in [0.15, 0.2) is 0 Å². The molecule has 0 spiro atoms. The molecule has 0 heterocycles. The van der Waals surface area contributed by atoms with Crippen molar-refractivity contribution in [3.63, 3.8) is 0 Å². The topological polar surface area (TPSA) is 49.4 Å². The molecule has 6 heteroatoms. The molecular weight excluding hydrogens is 299 g/mol. The highest BCUT2D eigenvalue weighted by Crippen LogP contribution is 2.23. The van der Waals surface area contributed by atoms with Crippen LogP contribution in [0.15, 0.2) is 18.2 Å². The second-order valence-electron chi connectivity index (χ2n) is 4.40. The van der Waals surface area contributed by atoms with Gasteiger partial charge in [-0.2, -0.15) is 0 Å². The first-order valence-electron chi connectivity index (χ1n) is 6.35. The van der Waals surface area contributed by atoms with Crippen molar-refractivity contribution in [2.75, 3.05) is 7.05 Å². The van der Waals surface area contributed by atoms with Crippen molar-refractivity contribution in [3.05, 3.63) is 33.8 Å². The standard InChI is InChI=1S/C14H18Cl2N2O2/c1-4-13(19)18(9(2)14(20)17-3)8-10-5-6-11(15)7-12(10)16/h5-7,9H,4,8H2,1-3H3,(H,17,20)/t9-/m0/s1. The molecule has 1 atom stereocenters. The number of nitrogens with zero attached hydrogens (tertiary/aromatic N) is 1. The van der Waals surface area contributed by atoms with E-state index in [4.69, 9.17) is 23.2 Å². The Hall–Kier alpha value is -1.26. The van der Waals surface area contributed by atoms with Gasteiger partial charge in [0.25, 0.3) is 0 Å². The fourth-order valence-electron chi connectivity index (χ4n) is 1.83. The maximum absolute atomic E-state index is 12.0. The SMILES string of the molecule is CCC(=O)N(Cc1ccc(Cl)cc1Cl)[C@@H](C)C(=O)NC. The quantitative estimate of drug-likeness (QED) is 0.908. The molecule has 110 valence electrons. The first-order chi connectivity index (χ1) is 9.40. The molecule has 0 saturated carbocycles. The molecule has 1 rings (SSSR count). The van der Waals surface area contributed by atoms with Crippen molar-refractivity contribution in [2.24, 2.45) is 0 Å². The fraction of sp³-hybridized carbons (Fsp3) is 0.429. The van der Waals surface area contributed by atoms with Crippen molar-refractivity contribution >= 4 is 35.0 Å². The lowest BCUT2D eigenvalue weighted by Crippen LogP contribution is -2.46. The minimum absolute atomic E-state index is 0.105. The number of carbonyl (C=O) groups excluding carboxylic acids is 2. The highest BCUT2D eigenvalue weighted by Gasteiger charge is 2.24. The molecule has 0 bridgehead atoms. The molecule has 0 aliphatic heterocycles. The zero-order valence-corrected chi connectivity index (χ0v) is 13.3. The molecule has 2 amide bonds. The van der Waals surface area contributed by atoms with Crippen LogP contribution in [0.4, 0.5) is 0 Å². The summed E-state index contributed by atoms with van der Waals surface area (Å²) in [5, 5.41) is 3.56. The molecule has 1 aromatic rings. The first-order valence-corrected chi connectivity index (χ1v) is 7.11. The normalized spacial score (nSPS) is 11.8. The summed E-state index contributed by atoms with van der Waals surface area (Å²) in [4.78, 5) is 25.3. The van der Waals surface area contributed by atoms with E-state index in [2.05, 4.69) is 5.32 Å². The average molecular weight is 317 g/mol. The number of benzene rings is 1. The van der Waals surface area contributed by atoms with E-state index in [1.54, 1.807) is 39.1 Å². The molecule has 0 aliphatic carbocycles. The van der Waals surface area contributed by atoms with Crippen LogP contribution in [-0.4, -0.2) is 29.8 Å². The van der Waals surface area contributed by atoms with Gasteiger partial charge in [-0.25, -0.2) is 0 Å². The molecule has 0 aliphatic rings. The molecule has 0 radical (unpaired) electrons. The van der Waals surface area contributed by atoms with Crippen LogP contribution in [0.2, 0.25) is 10.0 Å². The Labute approximate surface area is 129 Å². The van der Waals surface area contributed by atoms with Gasteiger partial charge < -0.3 is 10.2 Å². The average Bonchev–Trinajstić information content (AvgIpc) is 2.44. The third-order valence-corrected chi connectivity index (χ3v) is 3.66. The molecule has 4 nitrogen and oxygen atoms in total. The van der Waals surface area contributed by atoms with E-state index in [0.717, 1.165) is 5.56 Å². The number of hydrogen-bond donors (Lipinski definition) is 1. The predicted octanol–water partition coefficient (Wildman–Crippen LogP) is 2.87. The third-order valence-electron chi connectivity index (χ3n) is 3.07. The van der Waals surface area contributed by atoms with E-state index in [1.165, 1.54) is 4.90 Å². The summed E-state index contributed by atoms with van der Waals surface area (Å²) in [7, 11) is 1.54. The van der Waals surface area contributed by atoms with Crippen molar-refractivity contribution in [3.8, 4) is 0 Å². The summed E-state index contributed by atoms with van der Waals surface area (Å²) < 4.78 is 0. The van der Waals surface area contributed by atoms with E-state index in [-0.39, 0.29) is 18.4 Å². The van der Waals surface area contributed by atoms with Crippen LogP contribution < -0.4 is 5.32 Å². The monoisotopic (exact) mass is 316 g/mol. The van der Waals surface area contributed by atoms with E-state index >= 15 is 0 Å². The Balaban J connectivity index is 3.00. The van der Waals surface area contributed by atoms with Gasteiger partial charge in [0.05, 0.1) is 0 Å². The maximum Gasteiger partial charge on any atom is 0.242 e. The van der Waals surface area contributed by atoms with E-state index in [9.17, 15) is 9.59 Å². The second kappa shape index (κ2) is 7.50. The Morgan fingerprint density at radius 2 is 2.00 bits per heavy atom. The van der Waals surface area contributed by atoms with Crippen LogP contribution in [0.5, 0.6) is 0 Å². The Morgan fingerprint density at radius 1 is 1.35 bits per heavy atom. The molecule has 20 heavy (non-hydrogen) atoms. The molecule has 0 saturated heterocycles. The largest absolute Gasteiger partial charge is 0.357 e. The number of hydrogen-bond acceptors (Lipinski definition) is 2. The lowest BCUT2D eigenvalue weighted by molar-refractivity contribution is -0.140. The van der Waals surface area contributed by atoms with Gasteiger partial charge in [0, 0.05) is 30.1 Å².